The molecule has 34 heavy (non-hydrogen) atoms. The van der Waals surface area contributed by atoms with Gasteiger partial charge in [-0.2, -0.15) is 0 Å². The lowest BCUT2D eigenvalue weighted by Gasteiger charge is -2.22. The first-order valence-corrected chi connectivity index (χ1v) is 12.1. The lowest BCUT2D eigenvalue weighted by atomic mass is 9.84. The first kappa shape index (κ1) is 22.2. The van der Waals surface area contributed by atoms with Crippen LogP contribution in [0.5, 0.6) is 5.75 Å². The molecule has 0 aliphatic heterocycles. The third-order valence-corrected chi connectivity index (χ3v) is 6.72. The lowest BCUT2D eigenvalue weighted by Crippen LogP contribution is -2.20. The number of anilines is 1. The number of carbonyl (C=O) groups excluding carboxylic acids is 1. The number of benzene rings is 3. The molecule has 1 amide bonds. The van der Waals surface area contributed by atoms with Crippen molar-refractivity contribution >= 4 is 22.7 Å². The second-order valence-corrected chi connectivity index (χ2v) is 9.24. The molecule has 0 saturated heterocycles. The van der Waals surface area contributed by atoms with Gasteiger partial charge in [-0.25, -0.2) is 4.98 Å². The van der Waals surface area contributed by atoms with E-state index in [2.05, 4.69) is 36.3 Å². The summed E-state index contributed by atoms with van der Waals surface area (Å²) in [6.07, 6.45) is 6.52. The zero-order valence-corrected chi connectivity index (χ0v) is 19.8. The van der Waals surface area contributed by atoms with Crippen molar-refractivity contribution in [2.75, 3.05) is 11.9 Å². The molecule has 1 aromatic heterocycles. The largest absolute Gasteiger partial charge is 0.484 e. The van der Waals surface area contributed by atoms with Gasteiger partial charge in [-0.3, -0.25) is 4.79 Å². The molecule has 174 valence electrons. The molecule has 0 spiro atoms. The number of rotatable bonds is 6. The quantitative estimate of drug-likeness (QED) is 0.335. The molecule has 0 atom stereocenters. The van der Waals surface area contributed by atoms with Crippen LogP contribution in [0.2, 0.25) is 0 Å². The standard InChI is InChI=1S/C29H30N2O3/c1-19-15-26-27(16-20(19)2)34-29(31-26)23-9-6-10-24(17-23)30-28(32)18-33-25-13-11-22(12-14-25)21-7-4-3-5-8-21/h6,9-17,21H,3-5,7-8,18H2,1-2H3,(H,30,32). The van der Waals surface area contributed by atoms with Gasteiger partial charge in [0.05, 0.1) is 0 Å². The second kappa shape index (κ2) is 9.72. The Balaban J connectivity index is 1.20. The summed E-state index contributed by atoms with van der Waals surface area (Å²) < 4.78 is 11.7. The molecule has 1 aliphatic rings. The fraction of sp³-hybridized carbons (Fsp3) is 0.310. The van der Waals surface area contributed by atoms with E-state index in [1.165, 1.54) is 48.8 Å². The Labute approximate surface area is 200 Å². The summed E-state index contributed by atoms with van der Waals surface area (Å²) in [7, 11) is 0. The SMILES string of the molecule is Cc1cc2nc(-c3cccc(NC(=O)COc4ccc(C5CCCCC5)cc4)c3)oc2cc1C. The topological polar surface area (TPSA) is 64.4 Å². The number of hydrogen-bond donors (Lipinski definition) is 1. The van der Waals surface area contributed by atoms with E-state index in [0.717, 1.165) is 16.7 Å². The minimum atomic E-state index is -0.211. The molecule has 5 heteroatoms. The maximum Gasteiger partial charge on any atom is 0.262 e. The van der Waals surface area contributed by atoms with Crippen LogP contribution in [0.25, 0.3) is 22.6 Å². The highest BCUT2D eigenvalue weighted by atomic mass is 16.5. The van der Waals surface area contributed by atoms with Crippen molar-refractivity contribution < 1.29 is 13.9 Å². The van der Waals surface area contributed by atoms with Crippen molar-refractivity contribution in [3.05, 3.63) is 77.4 Å². The van der Waals surface area contributed by atoms with Gasteiger partial charge in [0.1, 0.15) is 11.3 Å². The van der Waals surface area contributed by atoms with Crippen molar-refractivity contribution in [1.29, 1.82) is 0 Å². The summed E-state index contributed by atoms with van der Waals surface area (Å²) in [4.78, 5) is 17.1. The Kier molecular flexibility index (Phi) is 6.35. The normalized spacial score (nSPS) is 14.3. The molecule has 1 heterocycles. The zero-order valence-electron chi connectivity index (χ0n) is 19.8. The van der Waals surface area contributed by atoms with Crippen molar-refractivity contribution in [2.24, 2.45) is 0 Å². The fourth-order valence-electron chi connectivity index (χ4n) is 4.65. The molecule has 1 fully saturated rings. The van der Waals surface area contributed by atoms with Crippen LogP contribution in [0.4, 0.5) is 5.69 Å². The smallest absolute Gasteiger partial charge is 0.262 e. The number of oxazole rings is 1. The molecule has 4 aromatic rings. The van der Waals surface area contributed by atoms with Crippen LogP contribution in [0.3, 0.4) is 0 Å². The Bertz CT molecular complexity index is 1260. The summed E-state index contributed by atoms with van der Waals surface area (Å²) in [5, 5.41) is 2.90. The molecule has 1 saturated carbocycles. The van der Waals surface area contributed by atoms with E-state index in [1.54, 1.807) is 0 Å². The Morgan fingerprint density at radius 1 is 1.00 bits per heavy atom. The van der Waals surface area contributed by atoms with E-state index in [-0.39, 0.29) is 12.5 Å². The highest BCUT2D eigenvalue weighted by Gasteiger charge is 2.15. The van der Waals surface area contributed by atoms with Crippen LogP contribution in [0.1, 0.15) is 54.7 Å². The van der Waals surface area contributed by atoms with Crippen LogP contribution in [0, 0.1) is 13.8 Å². The summed E-state index contributed by atoms with van der Waals surface area (Å²) in [6.45, 7) is 4.07. The number of nitrogens with zero attached hydrogens (tertiary/aromatic N) is 1. The first-order valence-electron chi connectivity index (χ1n) is 12.1. The van der Waals surface area contributed by atoms with Gasteiger partial charge in [-0.15, -0.1) is 0 Å². The summed E-state index contributed by atoms with van der Waals surface area (Å²) >= 11 is 0. The predicted molar refractivity (Wildman–Crippen MR) is 135 cm³/mol. The Morgan fingerprint density at radius 3 is 2.56 bits per heavy atom. The van der Waals surface area contributed by atoms with Gasteiger partial charge in [0.2, 0.25) is 5.89 Å². The number of aromatic nitrogens is 1. The van der Waals surface area contributed by atoms with Gasteiger partial charge in [-0.05, 0) is 91.8 Å². The molecule has 3 aromatic carbocycles. The van der Waals surface area contributed by atoms with Crippen LogP contribution in [-0.4, -0.2) is 17.5 Å². The summed E-state index contributed by atoms with van der Waals surface area (Å²) in [6, 6.07) is 19.7. The van der Waals surface area contributed by atoms with Crippen molar-refractivity contribution in [2.45, 2.75) is 51.9 Å². The zero-order chi connectivity index (χ0) is 23.5. The molecular formula is C29H30N2O3. The second-order valence-electron chi connectivity index (χ2n) is 9.24. The Morgan fingerprint density at radius 2 is 1.76 bits per heavy atom. The number of carbonyl (C=O) groups is 1. The highest BCUT2D eigenvalue weighted by molar-refractivity contribution is 5.92. The number of ether oxygens (including phenoxy) is 1. The van der Waals surface area contributed by atoms with Crippen molar-refractivity contribution in [3.8, 4) is 17.2 Å². The monoisotopic (exact) mass is 454 g/mol. The molecule has 1 N–H and O–H groups in total. The van der Waals surface area contributed by atoms with E-state index in [9.17, 15) is 4.79 Å². The minimum absolute atomic E-state index is 0.0472. The summed E-state index contributed by atoms with van der Waals surface area (Å²) in [5.41, 5.74) is 6.79. The maximum absolute atomic E-state index is 12.5. The predicted octanol–water partition coefficient (Wildman–Crippen LogP) is 7.18. The van der Waals surface area contributed by atoms with Crippen molar-refractivity contribution in [1.82, 2.24) is 4.98 Å². The van der Waals surface area contributed by atoms with Crippen molar-refractivity contribution in [3.63, 3.8) is 0 Å². The highest BCUT2D eigenvalue weighted by Crippen LogP contribution is 2.33. The van der Waals surface area contributed by atoms with Crippen LogP contribution < -0.4 is 10.1 Å². The average molecular weight is 455 g/mol. The van der Waals surface area contributed by atoms with E-state index >= 15 is 0 Å². The summed E-state index contributed by atoms with van der Waals surface area (Å²) in [5.74, 6) is 1.69. The molecule has 5 rings (SSSR count). The minimum Gasteiger partial charge on any atom is -0.484 e. The molecule has 0 unspecified atom stereocenters. The van der Waals surface area contributed by atoms with Gasteiger partial charge in [0.15, 0.2) is 12.2 Å². The molecular weight excluding hydrogens is 424 g/mol. The van der Waals surface area contributed by atoms with Gasteiger partial charge in [-0.1, -0.05) is 37.5 Å². The fourth-order valence-corrected chi connectivity index (χ4v) is 4.65. The Hall–Kier alpha value is -3.60. The van der Waals surface area contributed by atoms with Gasteiger partial charge >= 0.3 is 0 Å². The third-order valence-electron chi connectivity index (χ3n) is 6.72. The van der Waals surface area contributed by atoms with Crippen LogP contribution in [0.15, 0.2) is 65.1 Å². The van der Waals surface area contributed by atoms with Crippen LogP contribution in [-0.2, 0) is 4.79 Å². The van der Waals surface area contributed by atoms with Gasteiger partial charge in [0, 0.05) is 11.3 Å². The van der Waals surface area contributed by atoms with Gasteiger partial charge in [0.25, 0.3) is 5.91 Å². The first-order chi connectivity index (χ1) is 16.5. The van der Waals surface area contributed by atoms with E-state index in [0.29, 0.717) is 23.2 Å². The number of fused-ring (bicyclic) bond motifs is 1. The van der Waals surface area contributed by atoms with E-state index in [4.69, 9.17) is 9.15 Å². The molecule has 0 radical (unpaired) electrons. The molecule has 5 nitrogen and oxygen atoms in total. The average Bonchev–Trinajstić information content (AvgIpc) is 3.27. The van der Waals surface area contributed by atoms with E-state index in [1.807, 2.05) is 48.5 Å². The third kappa shape index (κ3) is 4.98. The molecule has 0 bridgehead atoms. The van der Waals surface area contributed by atoms with Crippen LogP contribution >= 0.6 is 0 Å². The van der Waals surface area contributed by atoms with Gasteiger partial charge < -0.3 is 14.5 Å². The maximum atomic E-state index is 12.5. The number of amides is 1. The lowest BCUT2D eigenvalue weighted by molar-refractivity contribution is -0.118. The number of nitrogens with one attached hydrogen (secondary N) is 1. The number of hydrogen-bond acceptors (Lipinski definition) is 4. The number of aryl methyl sites for hydroxylation is 2. The molecule has 1 aliphatic carbocycles. The van der Waals surface area contributed by atoms with E-state index < -0.39 is 0 Å².